The Morgan fingerprint density at radius 3 is 2.03 bits per heavy atom. The summed E-state index contributed by atoms with van der Waals surface area (Å²) in [6, 6.07) is 28.6. The standard InChI is InChI=1S/C30H32Cl2N2O2Si/c1-22(35)33-20-23-12-11-19-34(23)28-18-17-27(31)26(29(28)32)21-36-37(30(2,3)4,24-13-7-5-8-14-24)25-15-9-6-10-16-25/h5-19H,20-21H2,1-4H3,(H,33,35). The first-order valence-corrected chi connectivity index (χ1v) is 14.9. The van der Waals surface area contributed by atoms with E-state index in [0.29, 0.717) is 16.6 Å². The number of carbonyl (C=O) groups is 1. The monoisotopic (exact) mass is 550 g/mol. The van der Waals surface area contributed by atoms with Crippen molar-refractivity contribution in [2.75, 3.05) is 0 Å². The smallest absolute Gasteiger partial charge is 0.261 e. The number of nitrogens with one attached hydrogen (secondary N) is 1. The molecule has 4 nitrogen and oxygen atoms in total. The van der Waals surface area contributed by atoms with Gasteiger partial charge < -0.3 is 14.3 Å². The molecular weight excluding hydrogens is 519 g/mol. The minimum absolute atomic E-state index is 0.0886. The Morgan fingerprint density at radius 1 is 0.892 bits per heavy atom. The van der Waals surface area contributed by atoms with Crippen LogP contribution in [0.25, 0.3) is 5.69 Å². The van der Waals surface area contributed by atoms with Gasteiger partial charge in [0.25, 0.3) is 8.32 Å². The molecule has 4 aromatic rings. The van der Waals surface area contributed by atoms with Crippen molar-refractivity contribution >= 4 is 47.8 Å². The number of amides is 1. The number of hydrogen-bond donors (Lipinski definition) is 1. The van der Waals surface area contributed by atoms with Gasteiger partial charge in [-0.2, -0.15) is 0 Å². The Labute approximate surface area is 230 Å². The predicted octanol–water partition coefficient (Wildman–Crippen LogP) is 6.50. The molecule has 0 saturated heterocycles. The van der Waals surface area contributed by atoms with Crippen molar-refractivity contribution in [3.63, 3.8) is 0 Å². The zero-order chi connectivity index (χ0) is 26.6. The quantitative estimate of drug-likeness (QED) is 0.254. The van der Waals surface area contributed by atoms with Crippen LogP contribution in [0.3, 0.4) is 0 Å². The Kier molecular flexibility index (Phi) is 8.29. The van der Waals surface area contributed by atoms with Gasteiger partial charge in [0.2, 0.25) is 5.91 Å². The van der Waals surface area contributed by atoms with E-state index in [9.17, 15) is 4.79 Å². The van der Waals surface area contributed by atoms with Crippen LogP contribution in [0.1, 0.15) is 39.0 Å². The lowest BCUT2D eigenvalue weighted by Crippen LogP contribution is -2.66. The summed E-state index contributed by atoms with van der Waals surface area (Å²) < 4.78 is 9.07. The second-order valence-corrected chi connectivity index (χ2v) is 15.2. The average molecular weight is 552 g/mol. The molecular formula is C30H32Cl2N2O2Si. The summed E-state index contributed by atoms with van der Waals surface area (Å²) in [7, 11) is -2.77. The predicted molar refractivity (Wildman–Crippen MR) is 156 cm³/mol. The molecule has 0 aliphatic carbocycles. The maximum atomic E-state index is 11.5. The SMILES string of the molecule is CC(=O)NCc1cccn1-c1ccc(Cl)c(CO[Si](c2ccccc2)(c2ccccc2)C(C)(C)C)c1Cl. The third kappa shape index (κ3) is 5.55. The molecule has 1 aromatic heterocycles. The van der Waals surface area contributed by atoms with Crippen LogP contribution in [0.2, 0.25) is 15.1 Å². The molecule has 192 valence electrons. The van der Waals surface area contributed by atoms with Crippen molar-refractivity contribution in [3.05, 3.63) is 112 Å². The number of nitrogens with zero attached hydrogens (tertiary/aromatic N) is 1. The molecule has 0 aliphatic rings. The van der Waals surface area contributed by atoms with Crippen LogP contribution in [0.5, 0.6) is 0 Å². The molecule has 0 fully saturated rings. The van der Waals surface area contributed by atoms with E-state index < -0.39 is 8.32 Å². The van der Waals surface area contributed by atoms with Crippen molar-refractivity contribution in [2.24, 2.45) is 0 Å². The van der Waals surface area contributed by atoms with Crippen molar-refractivity contribution in [2.45, 2.75) is 45.9 Å². The van der Waals surface area contributed by atoms with Crippen molar-refractivity contribution in [3.8, 4) is 5.69 Å². The molecule has 4 rings (SSSR count). The highest BCUT2D eigenvalue weighted by molar-refractivity contribution is 6.99. The third-order valence-electron chi connectivity index (χ3n) is 6.63. The molecule has 0 spiro atoms. The number of rotatable bonds is 8. The van der Waals surface area contributed by atoms with Crippen LogP contribution in [0.4, 0.5) is 0 Å². The van der Waals surface area contributed by atoms with Crippen LogP contribution in [0.15, 0.2) is 91.1 Å². The molecule has 0 aliphatic heterocycles. The second kappa shape index (κ2) is 11.3. The fraction of sp³-hybridized carbons (Fsp3) is 0.233. The summed E-state index contributed by atoms with van der Waals surface area (Å²) in [5.74, 6) is -0.0886. The molecule has 0 radical (unpaired) electrons. The van der Waals surface area contributed by atoms with Crippen molar-refractivity contribution in [1.82, 2.24) is 9.88 Å². The Hall–Kier alpha value is -2.83. The maximum Gasteiger partial charge on any atom is 0.261 e. The van der Waals surface area contributed by atoms with Gasteiger partial charge in [-0.25, -0.2) is 0 Å². The first kappa shape index (κ1) is 27.2. The molecule has 1 heterocycles. The Bertz CT molecular complexity index is 1330. The zero-order valence-corrected chi connectivity index (χ0v) is 24.1. The van der Waals surface area contributed by atoms with Gasteiger partial charge in [0.15, 0.2) is 0 Å². The van der Waals surface area contributed by atoms with Gasteiger partial charge in [-0.3, -0.25) is 4.79 Å². The summed E-state index contributed by atoms with van der Waals surface area (Å²) in [6.07, 6.45) is 1.93. The minimum atomic E-state index is -2.77. The van der Waals surface area contributed by atoms with Crippen molar-refractivity contribution < 1.29 is 9.22 Å². The van der Waals surface area contributed by atoms with E-state index in [1.165, 1.54) is 17.3 Å². The number of hydrogen-bond acceptors (Lipinski definition) is 2. The summed E-state index contributed by atoms with van der Waals surface area (Å²) in [4.78, 5) is 11.5. The van der Waals surface area contributed by atoms with Gasteiger partial charge in [0.1, 0.15) is 0 Å². The van der Waals surface area contributed by atoms with Crippen LogP contribution in [-0.4, -0.2) is 18.8 Å². The van der Waals surface area contributed by atoms with E-state index in [0.717, 1.165) is 16.9 Å². The zero-order valence-electron chi connectivity index (χ0n) is 21.6. The van der Waals surface area contributed by atoms with Gasteiger partial charge in [0.05, 0.1) is 23.9 Å². The molecule has 0 atom stereocenters. The maximum absolute atomic E-state index is 11.5. The minimum Gasteiger partial charge on any atom is -0.403 e. The van der Waals surface area contributed by atoms with E-state index in [1.807, 2.05) is 47.2 Å². The van der Waals surface area contributed by atoms with E-state index in [2.05, 4.69) is 74.6 Å². The van der Waals surface area contributed by atoms with Gasteiger partial charge in [-0.1, -0.05) is 105 Å². The first-order valence-electron chi connectivity index (χ1n) is 12.3. The number of carbonyl (C=O) groups excluding carboxylic acids is 1. The fourth-order valence-corrected chi connectivity index (χ4v) is 9.94. The fourth-order valence-electron chi connectivity index (χ4n) is 4.86. The Balaban J connectivity index is 1.78. The normalized spacial score (nSPS) is 11.9. The summed E-state index contributed by atoms with van der Waals surface area (Å²) in [6.45, 7) is 8.89. The average Bonchev–Trinajstić information content (AvgIpc) is 3.33. The van der Waals surface area contributed by atoms with Crippen LogP contribution in [-0.2, 0) is 22.4 Å². The summed E-state index contributed by atoms with van der Waals surface area (Å²) in [5, 5.41) is 6.16. The van der Waals surface area contributed by atoms with E-state index in [4.69, 9.17) is 27.6 Å². The highest BCUT2D eigenvalue weighted by Crippen LogP contribution is 2.39. The largest absolute Gasteiger partial charge is 0.403 e. The molecule has 0 unspecified atom stereocenters. The highest BCUT2D eigenvalue weighted by atomic mass is 35.5. The van der Waals surface area contributed by atoms with E-state index in [1.54, 1.807) is 0 Å². The van der Waals surface area contributed by atoms with Crippen molar-refractivity contribution in [1.29, 1.82) is 0 Å². The lowest BCUT2D eigenvalue weighted by Gasteiger charge is -2.43. The first-order chi connectivity index (χ1) is 17.6. The molecule has 0 bridgehead atoms. The van der Waals surface area contributed by atoms with Gasteiger partial charge >= 0.3 is 0 Å². The van der Waals surface area contributed by atoms with Crippen LogP contribution >= 0.6 is 23.2 Å². The van der Waals surface area contributed by atoms with E-state index >= 15 is 0 Å². The van der Waals surface area contributed by atoms with Gasteiger partial charge in [0, 0.05) is 29.4 Å². The molecule has 7 heteroatoms. The Morgan fingerprint density at radius 2 is 1.49 bits per heavy atom. The van der Waals surface area contributed by atoms with Gasteiger partial charge in [-0.15, -0.1) is 0 Å². The summed E-state index contributed by atoms with van der Waals surface area (Å²) >= 11 is 13.7. The molecule has 0 saturated carbocycles. The number of halogens is 2. The second-order valence-electron chi connectivity index (χ2n) is 10.1. The van der Waals surface area contributed by atoms with E-state index in [-0.39, 0.29) is 17.6 Å². The molecule has 37 heavy (non-hydrogen) atoms. The van der Waals surface area contributed by atoms with Crippen LogP contribution in [0, 0.1) is 0 Å². The molecule has 3 aromatic carbocycles. The number of benzene rings is 3. The summed E-state index contributed by atoms with van der Waals surface area (Å²) in [5.41, 5.74) is 2.45. The molecule has 1 N–H and O–H groups in total. The lowest BCUT2D eigenvalue weighted by molar-refractivity contribution is -0.119. The van der Waals surface area contributed by atoms with Crippen LogP contribution < -0.4 is 15.7 Å². The molecule has 1 amide bonds. The van der Waals surface area contributed by atoms with Gasteiger partial charge in [-0.05, 0) is 39.7 Å². The number of aromatic nitrogens is 1. The highest BCUT2D eigenvalue weighted by Gasteiger charge is 2.50. The third-order valence-corrected chi connectivity index (χ3v) is 12.4. The lowest BCUT2D eigenvalue weighted by atomic mass is 10.2. The topological polar surface area (TPSA) is 43.3 Å².